The number of halogens is 3. The quantitative estimate of drug-likeness (QED) is 0.722. The van der Waals surface area contributed by atoms with Gasteiger partial charge in [0.2, 0.25) is 5.91 Å². The van der Waals surface area contributed by atoms with Gasteiger partial charge in [-0.15, -0.1) is 0 Å². The molecule has 0 saturated carbocycles. The van der Waals surface area contributed by atoms with Crippen molar-refractivity contribution in [3.63, 3.8) is 0 Å². The van der Waals surface area contributed by atoms with Crippen molar-refractivity contribution in [2.24, 2.45) is 0 Å². The Balaban J connectivity index is 2.02. The number of rotatable bonds is 6. The lowest BCUT2D eigenvalue weighted by Crippen LogP contribution is -2.49. The van der Waals surface area contributed by atoms with Gasteiger partial charge in [0, 0.05) is 5.75 Å². The molecule has 0 saturated heterocycles. The van der Waals surface area contributed by atoms with Crippen LogP contribution in [0, 0.1) is 0 Å². The van der Waals surface area contributed by atoms with Crippen LogP contribution >= 0.6 is 11.8 Å². The molecular formula is C19H25F3N2O3S. The number of aryl methyl sites for hydroxylation is 1. The molecule has 2 atom stereocenters. The average Bonchev–Trinajstić information content (AvgIpc) is 2.94. The summed E-state index contributed by atoms with van der Waals surface area (Å²) < 4.78 is 42.4. The number of alkyl halides is 3. The maximum atomic E-state index is 12.7. The lowest BCUT2D eigenvalue weighted by atomic mass is 10.1. The molecule has 0 aliphatic heterocycles. The number of hydrogen-bond acceptors (Lipinski definition) is 4. The topological polar surface area (TPSA) is 67.4 Å². The monoisotopic (exact) mass is 418 g/mol. The summed E-state index contributed by atoms with van der Waals surface area (Å²) in [6, 6.07) is 6.37. The Hall–Kier alpha value is -1.90. The van der Waals surface area contributed by atoms with Gasteiger partial charge in [-0.2, -0.15) is 13.2 Å². The molecule has 156 valence electrons. The number of ether oxygens (including phenoxy) is 1. The fourth-order valence-corrected chi connectivity index (χ4v) is 3.58. The molecule has 1 aromatic carbocycles. The van der Waals surface area contributed by atoms with E-state index >= 15 is 0 Å². The Bertz CT molecular complexity index is 704. The second-order valence-electron chi connectivity index (χ2n) is 7.58. The van der Waals surface area contributed by atoms with Gasteiger partial charge in [0.25, 0.3) is 0 Å². The van der Waals surface area contributed by atoms with E-state index in [9.17, 15) is 22.8 Å². The summed E-state index contributed by atoms with van der Waals surface area (Å²) in [7, 11) is 0. The highest BCUT2D eigenvalue weighted by Crippen LogP contribution is 2.32. The van der Waals surface area contributed by atoms with Crippen LogP contribution < -0.4 is 10.6 Å². The molecule has 5 nitrogen and oxygen atoms in total. The van der Waals surface area contributed by atoms with Gasteiger partial charge in [0.15, 0.2) is 0 Å². The molecule has 1 aromatic rings. The molecule has 1 aliphatic rings. The van der Waals surface area contributed by atoms with E-state index in [1.54, 1.807) is 20.8 Å². The number of thioether (sulfide) groups is 1. The Labute approximate surface area is 166 Å². The van der Waals surface area contributed by atoms with Crippen LogP contribution in [0.25, 0.3) is 0 Å². The lowest BCUT2D eigenvalue weighted by molar-refractivity contribution is -0.124. The second-order valence-corrected chi connectivity index (χ2v) is 8.74. The van der Waals surface area contributed by atoms with Gasteiger partial charge in [-0.05, 0) is 51.2 Å². The Morgan fingerprint density at radius 2 is 1.93 bits per heavy atom. The molecule has 0 aromatic heterocycles. The van der Waals surface area contributed by atoms with Crippen LogP contribution in [0.15, 0.2) is 24.3 Å². The maximum absolute atomic E-state index is 12.7. The minimum atomic E-state index is -4.39. The normalized spacial score (nSPS) is 17.6. The molecule has 2 rings (SSSR count). The second kappa shape index (κ2) is 9.07. The van der Waals surface area contributed by atoms with Crippen molar-refractivity contribution in [2.75, 3.05) is 5.75 Å². The van der Waals surface area contributed by atoms with Crippen LogP contribution in [-0.2, 0) is 16.0 Å². The number of carbonyl (C=O) groups is 2. The molecule has 9 heteroatoms. The molecule has 2 N–H and O–H groups in total. The highest BCUT2D eigenvalue weighted by Gasteiger charge is 2.32. The first-order valence-corrected chi connectivity index (χ1v) is 10.0. The summed E-state index contributed by atoms with van der Waals surface area (Å²) >= 11 is -0.221. The SMILES string of the molecule is CC(C)(C)OC(=O)NC(CCSC(F)(F)F)C(=O)NC1CCc2ccccc21. The fraction of sp³-hybridized carbons (Fsp3) is 0.579. The number of carbonyl (C=O) groups excluding carboxylic acids is 2. The van der Waals surface area contributed by atoms with Crippen molar-refractivity contribution in [3.8, 4) is 0 Å². The maximum Gasteiger partial charge on any atom is 0.441 e. The molecule has 0 bridgehead atoms. The van der Waals surface area contributed by atoms with Crippen LogP contribution in [0.2, 0.25) is 0 Å². The third-order valence-electron chi connectivity index (χ3n) is 4.13. The number of amides is 2. The van der Waals surface area contributed by atoms with E-state index in [0.717, 1.165) is 17.5 Å². The van der Waals surface area contributed by atoms with E-state index in [4.69, 9.17) is 4.74 Å². The van der Waals surface area contributed by atoms with E-state index in [2.05, 4.69) is 10.6 Å². The van der Waals surface area contributed by atoms with Gasteiger partial charge in [-0.25, -0.2) is 4.79 Å². The van der Waals surface area contributed by atoms with Gasteiger partial charge in [-0.3, -0.25) is 4.79 Å². The lowest BCUT2D eigenvalue weighted by Gasteiger charge is -2.24. The van der Waals surface area contributed by atoms with Crippen LogP contribution in [0.4, 0.5) is 18.0 Å². The van der Waals surface area contributed by atoms with Gasteiger partial charge >= 0.3 is 11.6 Å². The van der Waals surface area contributed by atoms with Gasteiger partial charge in [-0.1, -0.05) is 36.0 Å². The summed E-state index contributed by atoms with van der Waals surface area (Å²) in [5.74, 6) is -0.867. The molecule has 0 fully saturated rings. The zero-order valence-corrected chi connectivity index (χ0v) is 16.9. The standard InChI is InChI=1S/C19H25F3N2O3S/c1-18(2,3)27-17(26)24-15(10-11-28-19(20,21)22)16(25)23-14-9-8-12-6-4-5-7-13(12)14/h4-7,14-15H,8-11H2,1-3H3,(H,23,25)(H,24,26). The minimum absolute atomic E-state index is 0.163. The predicted octanol–water partition coefficient (Wildman–Crippen LogP) is 4.33. The number of fused-ring (bicyclic) bond motifs is 1. The smallest absolute Gasteiger partial charge is 0.441 e. The highest BCUT2D eigenvalue weighted by atomic mass is 32.2. The molecule has 28 heavy (non-hydrogen) atoms. The molecular weight excluding hydrogens is 393 g/mol. The van der Waals surface area contributed by atoms with Crippen molar-refractivity contribution in [1.82, 2.24) is 10.6 Å². The van der Waals surface area contributed by atoms with Gasteiger partial charge in [0.05, 0.1) is 6.04 Å². The highest BCUT2D eigenvalue weighted by molar-refractivity contribution is 8.00. The van der Waals surface area contributed by atoms with Crippen LogP contribution in [-0.4, -0.2) is 34.9 Å². The number of benzene rings is 1. The van der Waals surface area contributed by atoms with Crippen molar-refractivity contribution in [2.45, 2.75) is 63.2 Å². The van der Waals surface area contributed by atoms with E-state index < -0.39 is 29.2 Å². The molecule has 1 aliphatic carbocycles. The van der Waals surface area contributed by atoms with Gasteiger partial charge in [0.1, 0.15) is 11.6 Å². The van der Waals surface area contributed by atoms with E-state index in [0.29, 0.717) is 6.42 Å². The summed E-state index contributed by atoms with van der Waals surface area (Å²) in [6.07, 6.45) is 0.525. The Kier molecular flexibility index (Phi) is 7.25. The minimum Gasteiger partial charge on any atom is -0.444 e. The Morgan fingerprint density at radius 1 is 1.25 bits per heavy atom. The van der Waals surface area contributed by atoms with Crippen molar-refractivity contribution in [3.05, 3.63) is 35.4 Å². The van der Waals surface area contributed by atoms with Crippen molar-refractivity contribution >= 4 is 23.8 Å². The summed E-state index contributed by atoms with van der Waals surface area (Å²) in [5.41, 5.74) is -3.04. The zero-order chi connectivity index (χ0) is 20.9. The third-order valence-corrected chi connectivity index (χ3v) is 4.90. The molecule has 0 heterocycles. The Morgan fingerprint density at radius 3 is 2.57 bits per heavy atom. The molecule has 0 radical (unpaired) electrons. The molecule has 2 unspecified atom stereocenters. The first-order chi connectivity index (χ1) is 12.9. The van der Waals surface area contributed by atoms with E-state index in [1.165, 1.54) is 0 Å². The van der Waals surface area contributed by atoms with Crippen LogP contribution in [0.1, 0.15) is 50.8 Å². The first kappa shape index (κ1) is 22.4. The van der Waals surface area contributed by atoms with Crippen LogP contribution in [0.5, 0.6) is 0 Å². The largest absolute Gasteiger partial charge is 0.444 e. The van der Waals surface area contributed by atoms with Gasteiger partial charge < -0.3 is 15.4 Å². The predicted molar refractivity (Wildman–Crippen MR) is 102 cm³/mol. The number of nitrogens with one attached hydrogen (secondary N) is 2. The summed E-state index contributed by atoms with van der Waals surface area (Å²) in [6.45, 7) is 4.99. The summed E-state index contributed by atoms with van der Waals surface area (Å²) in [4.78, 5) is 24.7. The third kappa shape index (κ3) is 7.26. The number of alkyl carbamates (subject to hydrolysis) is 1. The molecule has 0 spiro atoms. The van der Waals surface area contributed by atoms with Crippen molar-refractivity contribution in [1.29, 1.82) is 0 Å². The van der Waals surface area contributed by atoms with Crippen LogP contribution in [0.3, 0.4) is 0 Å². The van der Waals surface area contributed by atoms with E-state index in [1.807, 2.05) is 24.3 Å². The zero-order valence-electron chi connectivity index (χ0n) is 16.1. The average molecular weight is 418 g/mol. The summed E-state index contributed by atoms with van der Waals surface area (Å²) in [5, 5.41) is 5.25. The fourth-order valence-electron chi connectivity index (χ4n) is 2.99. The van der Waals surface area contributed by atoms with Crippen molar-refractivity contribution < 1.29 is 27.5 Å². The van der Waals surface area contributed by atoms with E-state index in [-0.39, 0.29) is 30.0 Å². The first-order valence-electron chi connectivity index (χ1n) is 9.03. The number of hydrogen-bond donors (Lipinski definition) is 2. The molecule has 2 amide bonds.